The molecule has 0 aromatic rings. The minimum absolute atomic E-state index is 0.389. The molecule has 0 bridgehead atoms. The molecule has 1 saturated carbocycles. The predicted octanol–water partition coefficient (Wildman–Crippen LogP) is 3.87. The Morgan fingerprint density at radius 1 is 1.25 bits per heavy atom. The van der Waals surface area contributed by atoms with E-state index in [9.17, 15) is 4.79 Å². The number of carbonyl (C=O) groups excluding carboxylic acids is 1. The summed E-state index contributed by atoms with van der Waals surface area (Å²) in [6.07, 6.45) is 4.76. The second kappa shape index (κ2) is 7.64. The fourth-order valence-corrected chi connectivity index (χ4v) is 2.57. The molecule has 0 saturated heterocycles. The van der Waals surface area contributed by atoms with Crippen LogP contribution in [-0.2, 0) is 9.47 Å². The van der Waals surface area contributed by atoms with Crippen LogP contribution in [0.3, 0.4) is 0 Å². The van der Waals surface area contributed by atoms with E-state index in [0.29, 0.717) is 17.8 Å². The van der Waals surface area contributed by atoms with Crippen LogP contribution < -0.4 is 5.32 Å². The van der Waals surface area contributed by atoms with E-state index in [-0.39, 0.29) is 5.60 Å². The fraction of sp³-hybridized carbons (Fsp3) is 0.933. The molecule has 5 heteroatoms. The van der Waals surface area contributed by atoms with Crippen molar-refractivity contribution in [3.8, 4) is 0 Å². The first-order valence-electron chi connectivity index (χ1n) is 7.41. The van der Waals surface area contributed by atoms with Crippen molar-refractivity contribution in [1.29, 1.82) is 0 Å². The normalized spacial score (nSPS) is 19.6. The molecule has 1 unspecified atom stereocenters. The highest BCUT2D eigenvalue weighted by molar-refractivity contribution is 9.09. The first-order chi connectivity index (χ1) is 9.24. The number of rotatable bonds is 6. The van der Waals surface area contributed by atoms with E-state index >= 15 is 0 Å². The van der Waals surface area contributed by atoms with Gasteiger partial charge in [-0.1, -0.05) is 28.8 Å². The largest absolute Gasteiger partial charge is 0.444 e. The van der Waals surface area contributed by atoms with Gasteiger partial charge in [-0.05, 0) is 46.5 Å². The number of carbonyl (C=O) groups is 1. The second-order valence-corrected chi connectivity index (χ2v) is 7.46. The third kappa shape index (κ3) is 6.93. The molecule has 1 N–H and O–H groups in total. The number of hydrogen-bond donors (Lipinski definition) is 1. The van der Waals surface area contributed by atoms with E-state index in [4.69, 9.17) is 9.47 Å². The van der Waals surface area contributed by atoms with Crippen LogP contribution in [0.2, 0.25) is 0 Å². The molecule has 0 aromatic heterocycles. The van der Waals surface area contributed by atoms with Gasteiger partial charge in [0.25, 0.3) is 0 Å². The summed E-state index contributed by atoms with van der Waals surface area (Å²) in [5.41, 5.74) is -0.862. The maximum Gasteiger partial charge on any atom is 0.407 e. The standard InChI is InChI=1S/C15H28BrNO3/c1-14(2,3)20-13(18)17-11-15(4,10-16)19-9-12-7-5-6-8-12/h12H,5-11H2,1-4H3,(H,17,18). The van der Waals surface area contributed by atoms with Gasteiger partial charge in [-0.3, -0.25) is 0 Å². The van der Waals surface area contributed by atoms with Crippen molar-refractivity contribution in [2.24, 2.45) is 5.92 Å². The van der Waals surface area contributed by atoms with Gasteiger partial charge in [-0.25, -0.2) is 4.79 Å². The third-order valence-corrected chi connectivity index (χ3v) is 4.62. The summed E-state index contributed by atoms with van der Waals surface area (Å²) in [4.78, 5) is 11.7. The SMILES string of the molecule is CC(C)(C)OC(=O)NCC(C)(CBr)OCC1CCCC1. The first-order valence-corrected chi connectivity index (χ1v) is 8.53. The molecule has 0 aromatic carbocycles. The van der Waals surface area contributed by atoms with Crippen LogP contribution in [0, 0.1) is 5.92 Å². The van der Waals surface area contributed by atoms with Crippen molar-refractivity contribution in [3.05, 3.63) is 0 Å². The number of amides is 1. The molecule has 1 rings (SSSR count). The minimum atomic E-state index is -0.473. The van der Waals surface area contributed by atoms with Crippen molar-refractivity contribution in [2.75, 3.05) is 18.5 Å². The Labute approximate surface area is 131 Å². The average molecular weight is 350 g/mol. The van der Waals surface area contributed by atoms with Gasteiger partial charge in [0.1, 0.15) is 5.60 Å². The lowest BCUT2D eigenvalue weighted by atomic mass is 10.1. The Morgan fingerprint density at radius 2 is 1.85 bits per heavy atom. The lowest BCUT2D eigenvalue weighted by Crippen LogP contribution is -2.46. The van der Waals surface area contributed by atoms with Gasteiger partial charge in [-0.15, -0.1) is 0 Å². The average Bonchev–Trinajstić information content (AvgIpc) is 2.85. The molecule has 20 heavy (non-hydrogen) atoms. The van der Waals surface area contributed by atoms with Gasteiger partial charge in [0.15, 0.2) is 0 Å². The van der Waals surface area contributed by atoms with Crippen LogP contribution in [-0.4, -0.2) is 35.8 Å². The molecule has 1 fully saturated rings. The third-order valence-electron chi connectivity index (χ3n) is 3.43. The Bertz CT molecular complexity index is 311. The Morgan fingerprint density at radius 3 is 2.35 bits per heavy atom. The van der Waals surface area contributed by atoms with Crippen LogP contribution in [0.5, 0.6) is 0 Å². The highest BCUT2D eigenvalue weighted by Gasteiger charge is 2.28. The number of alkyl carbamates (subject to hydrolysis) is 1. The Hall–Kier alpha value is -0.290. The summed E-state index contributed by atoms with van der Waals surface area (Å²) in [6, 6.07) is 0. The van der Waals surface area contributed by atoms with E-state index < -0.39 is 11.7 Å². The van der Waals surface area contributed by atoms with Crippen LogP contribution >= 0.6 is 15.9 Å². The van der Waals surface area contributed by atoms with Crippen LogP contribution in [0.15, 0.2) is 0 Å². The zero-order chi connectivity index (χ0) is 15.2. The molecule has 1 amide bonds. The summed E-state index contributed by atoms with van der Waals surface area (Å²) < 4.78 is 11.3. The maximum absolute atomic E-state index is 11.7. The summed E-state index contributed by atoms with van der Waals surface area (Å²) in [5.74, 6) is 0.676. The predicted molar refractivity (Wildman–Crippen MR) is 84.3 cm³/mol. The number of ether oxygens (including phenoxy) is 2. The first kappa shape index (κ1) is 17.8. The van der Waals surface area contributed by atoms with Gasteiger partial charge in [0.05, 0.1) is 18.8 Å². The van der Waals surface area contributed by atoms with Crippen molar-refractivity contribution in [1.82, 2.24) is 5.32 Å². The summed E-state index contributed by atoms with van der Waals surface area (Å²) in [5, 5.41) is 3.47. The smallest absolute Gasteiger partial charge is 0.407 e. The Balaban J connectivity index is 2.33. The molecule has 1 aliphatic rings. The summed E-state index contributed by atoms with van der Waals surface area (Å²) in [6.45, 7) is 8.79. The number of hydrogen-bond acceptors (Lipinski definition) is 3. The minimum Gasteiger partial charge on any atom is -0.444 e. The number of nitrogens with one attached hydrogen (secondary N) is 1. The van der Waals surface area contributed by atoms with E-state index in [0.717, 1.165) is 6.61 Å². The second-order valence-electron chi connectivity index (χ2n) is 6.90. The molecule has 4 nitrogen and oxygen atoms in total. The van der Waals surface area contributed by atoms with Crippen LogP contribution in [0.25, 0.3) is 0 Å². The van der Waals surface area contributed by atoms with Crippen LogP contribution in [0.1, 0.15) is 53.4 Å². The molecule has 1 atom stereocenters. The maximum atomic E-state index is 11.7. The quantitative estimate of drug-likeness (QED) is 0.740. The lowest BCUT2D eigenvalue weighted by molar-refractivity contribution is -0.0307. The molecule has 0 heterocycles. The molecule has 0 spiro atoms. The lowest BCUT2D eigenvalue weighted by Gasteiger charge is -2.30. The zero-order valence-electron chi connectivity index (χ0n) is 13.1. The molecular weight excluding hydrogens is 322 g/mol. The van der Waals surface area contributed by atoms with Crippen molar-refractivity contribution >= 4 is 22.0 Å². The monoisotopic (exact) mass is 349 g/mol. The van der Waals surface area contributed by atoms with E-state index in [1.807, 2.05) is 27.7 Å². The van der Waals surface area contributed by atoms with Gasteiger partial charge in [0, 0.05) is 5.33 Å². The van der Waals surface area contributed by atoms with E-state index in [1.165, 1.54) is 25.7 Å². The van der Waals surface area contributed by atoms with Crippen molar-refractivity contribution < 1.29 is 14.3 Å². The topological polar surface area (TPSA) is 47.6 Å². The van der Waals surface area contributed by atoms with E-state index in [1.54, 1.807) is 0 Å². The highest BCUT2D eigenvalue weighted by Crippen LogP contribution is 2.26. The van der Waals surface area contributed by atoms with Crippen LogP contribution in [0.4, 0.5) is 4.79 Å². The van der Waals surface area contributed by atoms with Gasteiger partial charge >= 0.3 is 6.09 Å². The number of halogens is 1. The molecule has 118 valence electrons. The van der Waals surface area contributed by atoms with Gasteiger partial charge in [-0.2, -0.15) is 0 Å². The fourth-order valence-electron chi connectivity index (χ4n) is 2.21. The zero-order valence-corrected chi connectivity index (χ0v) is 14.7. The molecular formula is C15H28BrNO3. The van der Waals surface area contributed by atoms with E-state index in [2.05, 4.69) is 21.2 Å². The highest BCUT2D eigenvalue weighted by atomic mass is 79.9. The number of alkyl halides is 1. The van der Waals surface area contributed by atoms with Gasteiger partial charge < -0.3 is 14.8 Å². The molecule has 0 radical (unpaired) electrons. The molecule has 0 aliphatic heterocycles. The van der Waals surface area contributed by atoms with Gasteiger partial charge in [0.2, 0.25) is 0 Å². The van der Waals surface area contributed by atoms with Crippen molar-refractivity contribution in [3.63, 3.8) is 0 Å². The summed E-state index contributed by atoms with van der Waals surface area (Å²) in [7, 11) is 0. The molecule has 1 aliphatic carbocycles. The summed E-state index contributed by atoms with van der Waals surface area (Å²) >= 11 is 3.48. The van der Waals surface area contributed by atoms with Crippen molar-refractivity contribution in [2.45, 2.75) is 64.6 Å². The Kier molecular flexibility index (Phi) is 6.79.